The fourth-order valence-electron chi connectivity index (χ4n) is 1.13. The van der Waals surface area contributed by atoms with Gasteiger partial charge >= 0.3 is 0 Å². The molecule has 0 aromatic heterocycles. The Kier molecular flexibility index (Phi) is 29.2. The average molecular weight is 645 g/mol. The van der Waals surface area contributed by atoms with Gasteiger partial charge in [0.15, 0.2) is 0 Å². The summed E-state index contributed by atoms with van der Waals surface area (Å²) >= 11 is 13.1. The molecule has 2 rings (SSSR count). The number of hydrogen-bond donors (Lipinski definition) is 0. The number of non-ortho nitro benzene ring substituents is 2. The van der Waals surface area contributed by atoms with Gasteiger partial charge in [0.1, 0.15) is 0 Å². The van der Waals surface area contributed by atoms with E-state index in [4.69, 9.17) is 23.2 Å². The van der Waals surface area contributed by atoms with Crippen LogP contribution in [0.15, 0.2) is 48.5 Å². The molecule has 0 spiro atoms. The van der Waals surface area contributed by atoms with Gasteiger partial charge in [-0.3, -0.25) is 20.2 Å². The van der Waals surface area contributed by atoms with Crippen LogP contribution in [0, 0.1) is 20.2 Å². The summed E-state index contributed by atoms with van der Waals surface area (Å²) in [5.74, 6) is 0. The third kappa shape index (κ3) is 18.4. The Morgan fingerprint density at radius 1 is 0.667 bits per heavy atom. The molecule has 0 N–H and O–H groups in total. The lowest BCUT2D eigenvalue weighted by Crippen LogP contribution is -1.85. The van der Waals surface area contributed by atoms with Crippen molar-refractivity contribution in [3.05, 3.63) is 78.8 Å². The molecule has 0 aliphatic rings. The predicted octanol–water partition coefficient (Wildman–Crippen LogP) is 8.22. The van der Waals surface area contributed by atoms with Gasteiger partial charge in [-0.25, -0.2) is 0 Å². The fraction of sp³-hybridized carbons (Fsp3) is 0.294. The summed E-state index contributed by atoms with van der Waals surface area (Å²) in [5.41, 5.74) is 0.119. The van der Waals surface area contributed by atoms with Crippen molar-refractivity contribution < 1.29 is 9.85 Å². The van der Waals surface area contributed by atoms with Crippen LogP contribution in [-0.4, -0.2) is 14.8 Å². The molecule has 0 amide bonds. The van der Waals surface area contributed by atoms with E-state index in [-0.39, 0.29) is 35.4 Å². The Bertz CT molecular complexity index is 558. The molecule has 0 aliphatic heterocycles. The lowest BCUT2D eigenvalue weighted by molar-refractivity contribution is -0.385. The summed E-state index contributed by atoms with van der Waals surface area (Å²) < 4.78 is 0. The first-order valence-corrected chi connectivity index (χ1v) is 10.5. The van der Waals surface area contributed by atoms with E-state index in [1.165, 1.54) is 48.5 Å². The Labute approximate surface area is 201 Å². The molecule has 0 radical (unpaired) electrons. The van der Waals surface area contributed by atoms with Gasteiger partial charge in [-0.2, -0.15) is 0 Å². The van der Waals surface area contributed by atoms with Gasteiger partial charge in [-0.1, -0.05) is 73.5 Å². The van der Waals surface area contributed by atoms with E-state index in [0.29, 0.717) is 10.0 Å². The topological polar surface area (TPSA) is 86.3 Å². The fourth-order valence-corrected chi connectivity index (χ4v) is 1.38. The number of rotatable bonds is 2. The van der Waals surface area contributed by atoms with Gasteiger partial charge in [0.05, 0.1) is 9.85 Å². The van der Waals surface area contributed by atoms with Crippen molar-refractivity contribution in [1.82, 2.24) is 0 Å². The second kappa shape index (κ2) is 23.3. The van der Waals surface area contributed by atoms with E-state index in [9.17, 15) is 20.2 Å². The van der Waals surface area contributed by atoms with E-state index in [2.05, 4.69) is 22.6 Å². The highest BCUT2D eigenvalue weighted by atomic mass is 127. The maximum atomic E-state index is 10.1. The minimum Gasteiger partial charge on any atom is -0.258 e. The summed E-state index contributed by atoms with van der Waals surface area (Å²) in [6, 6.07) is 11.4. The van der Waals surface area contributed by atoms with E-state index in [1.54, 1.807) is 0 Å². The minimum absolute atomic E-state index is 0. The van der Waals surface area contributed by atoms with Crippen LogP contribution in [0.2, 0.25) is 10.0 Å². The van der Waals surface area contributed by atoms with Crippen molar-refractivity contribution in [2.45, 2.75) is 27.7 Å². The van der Waals surface area contributed by atoms with E-state index in [0.717, 1.165) is 0 Å². The molecule has 0 saturated carbocycles. The van der Waals surface area contributed by atoms with Crippen LogP contribution in [0.3, 0.4) is 0 Å². The highest BCUT2D eigenvalue weighted by Crippen LogP contribution is 2.15. The lowest BCUT2D eigenvalue weighted by Gasteiger charge is -1.88. The highest BCUT2D eigenvalue weighted by Gasteiger charge is 2.02. The van der Waals surface area contributed by atoms with Crippen molar-refractivity contribution in [2.75, 3.05) is 4.93 Å². The number of alkyl halides is 1. The Hall–Kier alpha value is -0.720. The largest absolute Gasteiger partial charge is 0.269 e. The smallest absolute Gasteiger partial charge is 0.258 e. The third-order valence-corrected chi connectivity index (χ3v) is 2.58. The monoisotopic (exact) mass is 644 g/mol. The van der Waals surface area contributed by atoms with Gasteiger partial charge in [-0.15, -0.1) is 24.0 Å². The number of nitro benzene ring substituents is 2. The molecule has 27 heavy (non-hydrogen) atoms. The second-order valence-corrected chi connectivity index (χ2v) is 4.34. The maximum absolute atomic E-state index is 10.1. The summed E-state index contributed by atoms with van der Waals surface area (Å²) in [6.45, 7) is 8.00. The molecule has 6 nitrogen and oxygen atoms in total. The molecule has 0 atom stereocenters. The van der Waals surface area contributed by atoms with Gasteiger partial charge in [0.25, 0.3) is 11.4 Å². The zero-order chi connectivity index (χ0) is 21.1. The molecule has 0 heterocycles. The first-order chi connectivity index (χ1) is 12.4. The summed E-state index contributed by atoms with van der Waals surface area (Å²) in [6.07, 6.45) is 0. The Morgan fingerprint density at radius 2 is 0.852 bits per heavy atom. The first-order valence-electron chi connectivity index (χ1n) is 7.58. The van der Waals surface area contributed by atoms with Crippen molar-refractivity contribution in [3.63, 3.8) is 0 Å². The average Bonchev–Trinajstić information content (AvgIpc) is 2.68. The SMILES string of the molecule is CC.CC.CI.I.O=[N+]([O-])c1ccc(Cl)cc1.O=[N+]([O-])c1ccc(Cl)cc1. The van der Waals surface area contributed by atoms with Gasteiger partial charge < -0.3 is 0 Å². The minimum atomic E-state index is -0.462. The number of nitrogens with zero attached hydrogens (tertiary/aromatic N) is 2. The first kappa shape index (κ1) is 33.8. The van der Waals surface area contributed by atoms with Crippen LogP contribution in [0.25, 0.3) is 0 Å². The zero-order valence-corrected chi connectivity index (χ0v) is 21.7. The van der Waals surface area contributed by atoms with Crippen molar-refractivity contribution in [1.29, 1.82) is 0 Å². The van der Waals surface area contributed by atoms with E-state index in [1.807, 2.05) is 32.6 Å². The van der Waals surface area contributed by atoms with Crippen molar-refractivity contribution in [3.8, 4) is 0 Å². The van der Waals surface area contributed by atoms with Gasteiger partial charge in [-0.05, 0) is 29.2 Å². The second-order valence-electron chi connectivity index (χ2n) is 3.47. The molecular formula is C17H24Cl2I2N2O4. The Morgan fingerprint density at radius 3 is 1.00 bits per heavy atom. The predicted molar refractivity (Wildman–Crippen MR) is 134 cm³/mol. The molecule has 154 valence electrons. The molecule has 0 saturated heterocycles. The molecule has 2 aromatic rings. The van der Waals surface area contributed by atoms with Crippen LogP contribution >= 0.6 is 69.8 Å². The lowest BCUT2D eigenvalue weighted by atomic mass is 10.3. The van der Waals surface area contributed by atoms with Crippen LogP contribution in [0.5, 0.6) is 0 Å². The van der Waals surface area contributed by atoms with Crippen molar-refractivity contribution >= 4 is 81.1 Å². The summed E-state index contributed by atoms with van der Waals surface area (Å²) in [4.78, 5) is 21.2. The molecule has 0 fully saturated rings. The molecule has 0 unspecified atom stereocenters. The molecule has 2 aromatic carbocycles. The van der Waals surface area contributed by atoms with Crippen LogP contribution in [0.1, 0.15) is 27.7 Å². The number of halogens is 4. The Balaban J connectivity index is -0.000000149. The van der Waals surface area contributed by atoms with Gasteiger partial charge in [0, 0.05) is 34.3 Å². The summed E-state index contributed by atoms with van der Waals surface area (Å²) in [7, 11) is 0. The zero-order valence-electron chi connectivity index (χ0n) is 15.7. The summed E-state index contributed by atoms with van der Waals surface area (Å²) in [5, 5.41) is 21.2. The van der Waals surface area contributed by atoms with Crippen LogP contribution < -0.4 is 0 Å². The number of benzene rings is 2. The molecule has 0 aliphatic carbocycles. The number of nitro groups is 2. The highest BCUT2D eigenvalue weighted by molar-refractivity contribution is 14.1. The standard InChI is InChI=1S/2C6H4ClNO2.2C2H6.CH3I.HI/c2*7-5-1-3-6(4-2-5)8(9)10;3*1-2;/h2*1-4H;2*1-2H3;1H3;1H. The molecular weight excluding hydrogens is 621 g/mol. The van der Waals surface area contributed by atoms with E-state index < -0.39 is 9.85 Å². The van der Waals surface area contributed by atoms with E-state index >= 15 is 0 Å². The van der Waals surface area contributed by atoms with Crippen LogP contribution in [-0.2, 0) is 0 Å². The van der Waals surface area contributed by atoms with Crippen molar-refractivity contribution in [2.24, 2.45) is 0 Å². The molecule has 0 bridgehead atoms. The quantitative estimate of drug-likeness (QED) is 0.143. The third-order valence-electron chi connectivity index (χ3n) is 2.07. The normalized spacial score (nSPS) is 7.56. The van der Waals surface area contributed by atoms with Gasteiger partial charge in [0.2, 0.25) is 0 Å². The molecule has 10 heteroatoms. The maximum Gasteiger partial charge on any atom is 0.269 e. The number of hydrogen-bond acceptors (Lipinski definition) is 4. The van der Waals surface area contributed by atoms with Crippen LogP contribution in [0.4, 0.5) is 11.4 Å².